The van der Waals surface area contributed by atoms with Gasteiger partial charge in [0.1, 0.15) is 11.5 Å². The zero-order chi connectivity index (χ0) is 38.1. The molecule has 8 saturated carbocycles. The van der Waals surface area contributed by atoms with Gasteiger partial charge in [0.15, 0.2) is 0 Å². The predicted octanol–water partition coefficient (Wildman–Crippen LogP) is 13.3. The van der Waals surface area contributed by atoms with E-state index >= 15 is 0 Å². The minimum atomic E-state index is 0.0932. The quantitative estimate of drug-likeness (QED) is 0.182. The van der Waals surface area contributed by atoms with Gasteiger partial charge in [0.05, 0.1) is 11.4 Å². The standard InChI is InChI=1S/C53H57NO2/c1-30-16-44(50(55)48(32(30)3)52-24-34-18-35(25-52)20-36(19-34)26-52)40-10-5-7-12-42(40)46-14-9-15-47(54-46)43-13-8-6-11-41(43)45-17-31(2)33(4)49(51(45)56)53-27-37-21-38(28-53)23-39(22-37)29-53/h5-17,34-39,55-56H,18-29H2,1-4H3. The number of rotatable bonds is 6. The number of aromatic hydroxyl groups is 2. The SMILES string of the molecule is Cc1cc(-c2ccccc2-c2cccc(-c3ccccc3-c3cc(C)c(C)c(C45CC6CC(CC(C6)C4)C5)c3O)n2)c(O)c(C23CC4CC(CC(C4)C2)C3)c1C. The Hall–Kier alpha value is -4.37. The van der Waals surface area contributed by atoms with Crippen LogP contribution in [-0.2, 0) is 10.8 Å². The number of pyridine rings is 1. The summed E-state index contributed by atoms with van der Waals surface area (Å²) >= 11 is 0. The minimum Gasteiger partial charge on any atom is -0.507 e. The second kappa shape index (κ2) is 12.6. The van der Waals surface area contributed by atoms with E-state index in [0.29, 0.717) is 11.5 Å². The molecule has 8 aliphatic carbocycles. The predicted molar refractivity (Wildman–Crippen MR) is 228 cm³/mol. The number of phenolic OH excluding ortho intramolecular Hbond substituents is 2. The van der Waals surface area contributed by atoms with Crippen molar-refractivity contribution in [1.29, 1.82) is 0 Å². The van der Waals surface area contributed by atoms with Gasteiger partial charge in [-0.15, -0.1) is 0 Å². The molecule has 0 radical (unpaired) electrons. The summed E-state index contributed by atoms with van der Waals surface area (Å²) in [7, 11) is 0. The normalized spacial score (nSPS) is 31.0. The molecule has 0 spiro atoms. The highest BCUT2D eigenvalue weighted by atomic mass is 16.3. The third kappa shape index (κ3) is 5.24. The monoisotopic (exact) mass is 739 g/mol. The van der Waals surface area contributed by atoms with Crippen molar-refractivity contribution in [2.24, 2.45) is 35.5 Å². The van der Waals surface area contributed by atoms with Crippen LogP contribution in [0.25, 0.3) is 44.8 Å². The van der Waals surface area contributed by atoms with Crippen LogP contribution < -0.4 is 0 Å². The smallest absolute Gasteiger partial charge is 0.127 e. The molecular weight excluding hydrogens is 683 g/mol. The maximum Gasteiger partial charge on any atom is 0.127 e. The van der Waals surface area contributed by atoms with Crippen molar-refractivity contribution >= 4 is 0 Å². The molecule has 0 saturated heterocycles. The van der Waals surface area contributed by atoms with Crippen LogP contribution in [0.3, 0.4) is 0 Å². The van der Waals surface area contributed by atoms with Crippen LogP contribution in [0.2, 0.25) is 0 Å². The average Bonchev–Trinajstić information content (AvgIpc) is 3.17. The summed E-state index contributed by atoms with van der Waals surface area (Å²) in [5, 5.41) is 25.0. The van der Waals surface area contributed by atoms with Crippen molar-refractivity contribution < 1.29 is 10.2 Å². The van der Waals surface area contributed by atoms with Crippen molar-refractivity contribution in [3.63, 3.8) is 0 Å². The summed E-state index contributed by atoms with van der Waals surface area (Å²) < 4.78 is 0. The second-order valence-corrected chi connectivity index (χ2v) is 20.1. The largest absolute Gasteiger partial charge is 0.507 e. The maximum absolute atomic E-state index is 12.5. The molecule has 3 nitrogen and oxygen atoms in total. The van der Waals surface area contributed by atoms with E-state index in [1.165, 1.54) is 110 Å². The van der Waals surface area contributed by atoms with Crippen molar-refractivity contribution in [2.75, 3.05) is 0 Å². The van der Waals surface area contributed by atoms with Gasteiger partial charge in [0.2, 0.25) is 0 Å². The van der Waals surface area contributed by atoms with E-state index < -0.39 is 0 Å². The summed E-state index contributed by atoms with van der Waals surface area (Å²) in [6, 6.07) is 27.8. The average molecular weight is 740 g/mol. The number of nitrogens with zero attached hydrogens (tertiary/aromatic N) is 1. The van der Waals surface area contributed by atoms with Gasteiger partial charge in [0.25, 0.3) is 0 Å². The number of hydrogen-bond donors (Lipinski definition) is 2. The fourth-order valence-electron chi connectivity index (χ4n) is 15.0. The Labute approximate surface area is 333 Å². The highest BCUT2D eigenvalue weighted by Crippen LogP contribution is 2.65. The summed E-state index contributed by atoms with van der Waals surface area (Å²) in [6.45, 7) is 8.97. The number of hydrogen-bond acceptors (Lipinski definition) is 3. The maximum atomic E-state index is 12.5. The second-order valence-electron chi connectivity index (χ2n) is 20.1. The Morgan fingerprint density at radius 1 is 0.429 bits per heavy atom. The lowest BCUT2D eigenvalue weighted by atomic mass is 9.47. The molecule has 1 heterocycles. The molecule has 8 fully saturated rings. The molecule has 0 unspecified atom stereocenters. The van der Waals surface area contributed by atoms with E-state index in [1.54, 1.807) is 0 Å². The van der Waals surface area contributed by atoms with E-state index in [4.69, 9.17) is 4.98 Å². The molecule has 13 rings (SSSR count). The molecule has 0 aliphatic heterocycles. The van der Waals surface area contributed by atoms with Gasteiger partial charge >= 0.3 is 0 Å². The van der Waals surface area contributed by atoms with Crippen molar-refractivity contribution in [1.82, 2.24) is 4.98 Å². The van der Waals surface area contributed by atoms with Gasteiger partial charge in [0, 0.05) is 44.2 Å². The Morgan fingerprint density at radius 2 is 0.750 bits per heavy atom. The molecule has 3 heteroatoms. The first-order valence-corrected chi connectivity index (χ1v) is 21.9. The number of aryl methyl sites for hydroxylation is 2. The van der Waals surface area contributed by atoms with Crippen molar-refractivity contribution in [3.8, 4) is 56.3 Å². The van der Waals surface area contributed by atoms with Crippen LogP contribution in [-0.4, -0.2) is 15.2 Å². The van der Waals surface area contributed by atoms with Gasteiger partial charge in [-0.25, -0.2) is 4.98 Å². The highest BCUT2D eigenvalue weighted by molar-refractivity contribution is 5.89. The summed E-state index contributed by atoms with van der Waals surface area (Å²) in [5.41, 5.74) is 15.5. The Bertz CT molecular complexity index is 2180. The summed E-state index contributed by atoms with van der Waals surface area (Å²) in [6.07, 6.45) is 15.7. The Morgan fingerprint density at radius 3 is 1.09 bits per heavy atom. The molecule has 2 N–H and O–H groups in total. The molecule has 0 atom stereocenters. The number of aromatic nitrogens is 1. The van der Waals surface area contributed by atoms with E-state index in [2.05, 4.69) is 107 Å². The number of benzene rings is 4. The van der Waals surface area contributed by atoms with Gasteiger partial charge in [-0.05, 0) is 198 Å². The van der Waals surface area contributed by atoms with Gasteiger partial charge < -0.3 is 10.2 Å². The number of phenols is 2. The zero-order valence-corrected chi connectivity index (χ0v) is 33.8. The highest BCUT2D eigenvalue weighted by Gasteiger charge is 2.54. The molecule has 286 valence electrons. The molecule has 1 aromatic heterocycles. The lowest BCUT2D eigenvalue weighted by Crippen LogP contribution is -2.49. The van der Waals surface area contributed by atoms with E-state index in [1.807, 2.05) is 0 Å². The summed E-state index contributed by atoms with van der Waals surface area (Å²) in [5.74, 6) is 5.82. The van der Waals surface area contributed by atoms with E-state index in [-0.39, 0.29) is 10.8 Å². The molecule has 0 amide bonds. The third-order valence-electron chi connectivity index (χ3n) is 16.5. The lowest BCUT2D eigenvalue weighted by Gasteiger charge is -2.57. The van der Waals surface area contributed by atoms with Crippen LogP contribution in [0.4, 0.5) is 0 Å². The summed E-state index contributed by atoms with van der Waals surface area (Å²) in [4.78, 5) is 5.42. The van der Waals surface area contributed by atoms with Crippen LogP contribution in [0.1, 0.15) is 110 Å². The van der Waals surface area contributed by atoms with E-state index in [9.17, 15) is 10.2 Å². The first-order valence-electron chi connectivity index (χ1n) is 21.9. The zero-order valence-electron chi connectivity index (χ0n) is 33.8. The van der Waals surface area contributed by atoms with Crippen LogP contribution in [0, 0.1) is 63.2 Å². The van der Waals surface area contributed by atoms with Crippen LogP contribution >= 0.6 is 0 Å². The topological polar surface area (TPSA) is 53.4 Å². The molecule has 4 aromatic carbocycles. The third-order valence-corrected chi connectivity index (χ3v) is 16.5. The lowest BCUT2D eigenvalue weighted by molar-refractivity contribution is -0.00657. The van der Waals surface area contributed by atoms with E-state index in [0.717, 1.165) is 80.3 Å². The first kappa shape index (κ1) is 34.8. The fourth-order valence-corrected chi connectivity index (χ4v) is 15.0. The van der Waals surface area contributed by atoms with Crippen LogP contribution in [0.15, 0.2) is 78.9 Å². The van der Waals surface area contributed by atoms with Gasteiger partial charge in [-0.2, -0.15) is 0 Å². The van der Waals surface area contributed by atoms with Crippen molar-refractivity contribution in [3.05, 3.63) is 112 Å². The van der Waals surface area contributed by atoms with Gasteiger partial charge in [-0.3, -0.25) is 0 Å². The Kier molecular flexibility index (Phi) is 7.82. The van der Waals surface area contributed by atoms with Crippen LogP contribution in [0.5, 0.6) is 11.5 Å². The van der Waals surface area contributed by atoms with Crippen molar-refractivity contribution in [2.45, 2.75) is 116 Å². The molecular formula is C53H57NO2. The fraction of sp³-hybridized carbons (Fsp3) is 0.453. The molecule has 8 bridgehead atoms. The molecule has 5 aromatic rings. The van der Waals surface area contributed by atoms with Gasteiger partial charge in [-0.1, -0.05) is 54.6 Å². The minimum absolute atomic E-state index is 0.0932. The Balaban J connectivity index is 1.01. The first-order chi connectivity index (χ1) is 27.1. The molecule has 8 aliphatic rings. The molecule has 56 heavy (non-hydrogen) atoms.